The average Bonchev–Trinajstić information content (AvgIpc) is 2.28. The number of amides is 1. The molecular weight excluding hydrogens is 339 g/mol. The van der Waals surface area contributed by atoms with Gasteiger partial charge in [0, 0.05) is 12.5 Å². The van der Waals surface area contributed by atoms with Crippen LogP contribution in [0.15, 0.2) is 0 Å². The molecule has 0 aromatic carbocycles. The summed E-state index contributed by atoms with van der Waals surface area (Å²) in [6.07, 6.45) is -2.02. The van der Waals surface area contributed by atoms with E-state index in [1.165, 1.54) is 6.92 Å². The number of carbonyl (C=O) groups excluding carboxylic acids is 1. The van der Waals surface area contributed by atoms with E-state index in [0.717, 1.165) is 4.90 Å². The zero-order valence-electron chi connectivity index (χ0n) is 13.7. The Morgan fingerprint density at radius 1 is 1.17 bits per heavy atom. The molecule has 0 spiro atoms. The molecule has 136 valence electrons. The quantitative estimate of drug-likeness (QED) is 0.558. The van der Waals surface area contributed by atoms with Crippen molar-refractivity contribution in [2.24, 2.45) is 11.8 Å². The van der Waals surface area contributed by atoms with Crippen molar-refractivity contribution in [3.05, 3.63) is 0 Å². The fourth-order valence-corrected chi connectivity index (χ4v) is 3.06. The fourth-order valence-electron chi connectivity index (χ4n) is 2.40. The van der Waals surface area contributed by atoms with Gasteiger partial charge in [0.25, 0.3) is 0 Å². The van der Waals surface area contributed by atoms with Gasteiger partial charge < -0.3 is 4.74 Å². The maximum absolute atomic E-state index is 12.5. The van der Waals surface area contributed by atoms with Crippen LogP contribution >= 0.6 is 0 Å². The summed E-state index contributed by atoms with van der Waals surface area (Å²) in [6, 6.07) is 0. The minimum Gasteiger partial charge on any atom is -0.444 e. The third-order valence-corrected chi connectivity index (χ3v) is 4.23. The minimum atomic E-state index is -5.81. The van der Waals surface area contributed by atoms with Gasteiger partial charge in [-0.2, -0.15) is 21.6 Å². The van der Waals surface area contributed by atoms with E-state index in [1.807, 2.05) is 6.92 Å². The van der Waals surface area contributed by atoms with Crippen molar-refractivity contribution in [2.75, 3.05) is 6.54 Å². The van der Waals surface area contributed by atoms with E-state index in [1.54, 1.807) is 20.8 Å². The molecule has 3 unspecified atom stereocenters. The van der Waals surface area contributed by atoms with Gasteiger partial charge in [-0.25, -0.2) is 8.98 Å². The summed E-state index contributed by atoms with van der Waals surface area (Å²) in [6.45, 7) is 8.20. The van der Waals surface area contributed by atoms with Crippen molar-refractivity contribution in [3.63, 3.8) is 0 Å². The standard InChI is InChI=1S/C13H22F3NO5S/c1-8-6-9(2)10(22-23(19,20)13(14,15)16)17(7-8)11(18)21-12(3,4)5/h8-10H,6-7H2,1-5H3. The molecule has 1 fully saturated rings. The predicted molar refractivity (Wildman–Crippen MR) is 75.7 cm³/mol. The summed E-state index contributed by atoms with van der Waals surface area (Å²) < 4.78 is 69.6. The Morgan fingerprint density at radius 3 is 2.13 bits per heavy atom. The van der Waals surface area contributed by atoms with Crippen LogP contribution in [0.5, 0.6) is 0 Å². The Bertz CT molecular complexity index is 541. The van der Waals surface area contributed by atoms with E-state index in [-0.39, 0.29) is 12.5 Å². The maximum atomic E-state index is 12.5. The second kappa shape index (κ2) is 6.46. The van der Waals surface area contributed by atoms with Gasteiger partial charge in [0.2, 0.25) is 0 Å². The molecule has 0 N–H and O–H groups in total. The van der Waals surface area contributed by atoms with E-state index >= 15 is 0 Å². The third-order valence-electron chi connectivity index (χ3n) is 3.21. The monoisotopic (exact) mass is 361 g/mol. The topological polar surface area (TPSA) is 72.9 Å². The van der Waals surface area contributed by atoms with Crippen molar-refractivity contribution in [1.29, 1.82) is 0 Å². The second-order valence-electron chi connectivity index (χ2n) is 6.84. The zero-order valence-corrected chi connectivity index (χ0v) is 14.5. The van der Waals surface area contributed by atoms with Gasteiger partial charge in [0.15, 0.2) is 6.23 Å². The largest absolute Gasteiger partial charge is 0.523 e. The molecule has 1 rings (SSSR count). The summed E-state index contributed by atoms with van der Waals surface area (Å²) in [4.78, 5) is 13.1. The number of rotatable bonds is 2. The average molecular weight is 361 g/mol. The van der Waals surface area contributed by atoms with Gasteiger partial charge in [-0.3, -0.25) is 4.90 Å². The van der Waals surface area contributed by atoms with Crippen LogP contribution < -0.4 is 0 Å². The third kappa shape index (κ3) is 5.23. The highest BCUT2D eigenvalue weighted by Gasteiger charge is 2.51. The van der Waals surface area contributed by atoms with Crippen molar-refractivity contribution in [1.82, 2.24) is 4.90 Å². The van der Waals surface area contributed by atoms with Gasteiger partial charge in [-0.05, 0) is 33.1 Å². The normalized spacial score (nSPS) is 27.0. The molecule has 0 aliphatic carbocycles. The number of alkyl halides is 3. The molecule has 1 aliphatic rings. The number of carbonyl (C=O) groups is 1. The fraction of sp³-hybridized carbons (Fsp3) is 0.923. The van der Waals surface area contributed by atoms with Crippen LogP contribution in [-0.2, 0) is 19.0 Å². The maximum Gasteiger partial charge on any atom is 0.523 e. The summed E-state index contributed by atoms with van der Waals surface area (Å²) in [5, 5.41) is 0. The van der Waals surface area contributed by atoms with Gasteiger partial charge >= 0.3 is 21.7 Å². The van der Waals surface area contributed by atoms with E-state index in [9.17, 15) is 26.4 Å². The summed E-state index contributed by atoms with van der Waals surface area (Å²) >= 11 is 0. The first-order valence-corrected chi connectivity index (χ1v) is 8.54. The van der Waals surface area contributed by atoms with Crippen LogP contribution in [-0.4, -0.2) is 43.3 Å². The van der Waals surface area contributed by atoms with Crippen molar-refractivity contribution < 1.29 is 35.3 Å². The summed E-state index contributed by atoms with van der Waals surface area (Å²) in [7, 11) is -5.81. The number of likely N-dealkylation sites (tertiary alicyclic amines) is 1. The van der Waals surface area contributed by atoms with Crippen LogP contribution in [0.3, 0.4) is 0 Å². The Hall–Kier alpha value is -1.03. The molecule has 1 amide bonds. The number of hydrogen-bond donors (Lipinski definition) is 0. The van der Waals surface area contributed by atoms with Gasteiger partial charge in [0.05, 0.1) is 0 Å². The number of piperidine rings is 1. The van der Waals surface area contributed by atoms with Crippen LogP contribution in [0.2, 0.25) is 0 Å². The Morgan fingerprint density at radius 2 is 1.70 bits per heavy atom. The highest BCUT2D eigenvalue weighted by Crippen LogP contribution is 2.34. The highest BCUT2D eigenvalue weighted by atomic mass is 32.2. The smallest absolute Gasteiger partial charge is 0.444 e. The molecule has 3 atom stereocenters. The molecule has 0 radical (unpaired) electrons. The Labute approximate surface area is 134 Å². The predicted octanol–water partition coefficient (Wildman–Crippen LogP) is 3.09. The molecule has 0 aromatic heterocycles. The zero-order chi connectivity index (χ0) is 18.2. The Balaban J connectivity index is 3.06. The van der Waals surface area contributed by atoms with Gasteiger partial charge in [-0.1, -0.05) is 13.8 Å². The SMILES string of the molecule is CC1CC(C)C(OS(=O)(=O)C(F)(F)F)N(C(=O)OC(C)(C)C)C1. The molecule has 1 saturated heterocycles. The molecule has 6 nitrogen and oxygen atoms in total. The van der Waals surface area contributed by atoms with Crippen LogP contribution in [0.1, 0.15) is 41.0 Å². The Kier molecular flexibility index (Phi) is 5.62. The van der Waals surface area contributed by atoms with Crippen LogP contribution in [0, 0.1) is 11.8 Å². The van der Waals surface area contributed by atoms with Crippen molar-refractivity contribution in [2.45, 2.75) is 58.4 Å². The molecule has 0 aromatic rings. The van der Waals surface area contributed by atoms with Crippen LogP contribution in [0.4, 0.5) is 18.0 Å². The first-order chi connectivity index (χ1) is 10.1. The minimum absolute atomic E-state index is 0.0223. The van der Waals surface area contributed by atoms with E-state index in [4.69, 9.17) is 4.74 Å². The van der Waals surface area contributed by atoms with E-state index < -0.39 is 39.5 Å². The second-order valence-corrected chi connectivity index (χ2v) is 8.40. The number of ether oxygens (including phenoxy) is 1. The van der Waals surface area contributed by atoms with Crippen molar-refractivity contribution in [3.8, 4) is 0 Å². The number of nitrogens with zero attached hydrogens (tertiary/aromatic N) is 1. The van der Waals surface area contributed by atoms with Gasteiger partial charge in [0.1, 0.15) is 5.60 Å². The lowest BCUT2D eigenvalue weighted by atomic mass is 9.90. The first kappa shape index (κ1) is 20.0. The lowest BCUT2D eigenvalue weighted by Gasteiger charge is -2.41. The van der Waals surface area contributed by atoms with Crippen molar-refractivity contribution >= 4 is 16.2 Å². The van der Waals surface area contributed by atoms with Crippen LogP contribution in [0.25, 0.3) is 0 Å². The van der Waals surface area contributed by atoms with E-state index in [0.29, 0.717) is 6.42 Å². The lowest BCUT2D eigenvalue weighted by molar-refractivity contribution is -0.0910. The summed E-state index contributed by atoms with van der Waals surface area (Å²) in [5.41, 5.74) is -6.41. The lowest BCUT2D eigenvalue weighted by Crippen LogP contribution is -2.54. The molecule has 0 bridgehead atoms. The molecule has 1 aliphatic heterocycles. The first-order valence-electron chi connectivity index (χ1n) is 7.13. The molecule has 0 saturated carbocycles. The number of halogens is 3. The molecule has 1 heterocycles. The summed E-state index contributed by atoms with van der Waals surface area (Å²) in [5.74, 6) is -0.616. The molecular formula is C13H22F3NO5S. The highest BCUT2D eigenvalue weighted by molar-refractivity contribution is 7.87. The van der Waals surface area contributed by atoms with E-state index in [2.05, 4.69) is 4.18 Å². The van der Waals surface area contributed by atoms with Gasteiger partial charge in [-0.15, -0.1) is 0 Å². The number of hydrogen-bond acceptors (Lipinski definition) is 5. The molecule has 10 heteroatoms. The molecule has 23 heavy (non-hydrogen) atoms.